The maximum Gasteiger partial charge on any atom is 0.429 e. The molecule has 164 valence electrons. The Hall–Kier alpha value is -0.560. The summed E-state index contributed by atoms with van der Waals surface area (Å²) in [6.07, 6.45) is -6.85. The molecule has 0 aliphatic carbocycles. The zero-order chi connectivity index (χ0) is 22.7. The van der Waals surface area contributed by atoms with Gasteiger partial charge in [0.1, 0.15) is 0 Å². The van der Waals surface area contributed by atoms with Gasteiger partial charge in [-0.15, -0.1) is 0 Å². The SMILES string of the molecule is CCC(F)(F)C(C)(C)C(C)(C)C(F)(F)C(F)(C(F)(F)F)C(C)(C)C(C)(C)C. The van der Waals surface area contributed by atoms with Gasteiger partial charge in [0.15, 0.2) is 0 Å². The first-order valence-corrected chi connectivity index (χ1v) is 8.82. The van der Waals surface area contributed by atoms with E-state index in [4.69, 9.17) is 0 Å². The van der Waals surface area contributed by atoms with Gasteiger partial charge in [0, 0.05) is 22.7 Å². The van der Waals surface area contributed by atoms with E-state index in [-0.39, 0.29) is 0 Å². The van der Waals surface area contributed by atoms with E-state index in [9.17, 15) is 22.0 Å². The molecule has 0 spiro atoms. The zero-order valence-electron chi connectivity index (χ0n) is 17.7. The van der Waals surface area contributed by atoms with E-state index in [2.05, 4.69) is 0 Å². The van der Waals surface area contributed by atoms with Gasteiger partial charge in [0.25, 0.3) is 17.5 Å². The van der Waals surface area contributed by atoms with Gasteiger partial charge in [-0.1, -0.05) is 69.2 Å². The summed E-state index contributed by atoms with van der Waals surface area (Å²) in [4.78, 5) is 0. The highest BCUT2D eigenvalue weighted by atomic mass is 19.4. The van der Waals surface area contributed by atoms with Gasteiger partial charge in [0.2, 0.25) is 0 Å². The number of halogens is 8. The van der Waals surface area contributed by atoms with Gasteiger partial charge in [-0.05, 0) is 5.41 Å². The van der Waals surface area contributed by atoms with Crippen LogP contribution in [0.25, 0.3) is 0 Å². The van der Waals surface area contributed by atoms with Crippen LogP contribution >= 0.6 is 0 Å². The minimum Gasteiger partial charge on any atom is -0.226 e. The maximum absolute atomic E-state index is 15.7. The fourth-order valence-corrected chi connectivity index (χ4v) is 3.16. The monoisotopic (exact) mass is 412 g/mol. The Labute approximate surface area is 157 Å². The Morgan fingerprint density at radius 2 is 0.852 bits per heavy atom. The highest BCUT2D eigenvalue weighted by molar-refractivity contribution is 5.19. The standard InChI is InChI=1S/C19H32F8/c1-11-16(20,21)14(7,8)15(9,10)18(23,24)17(22,19(25,26)27)13(5,6)12(2,3)4/h11H2,1-10H3. The van der Waals surface area contributed by atoms with Crippen molar-refractivity contribution < 1.29 is 35.1 Å². The highest BCUT2D eigenvalue weighted by Gasteiger charge is 2.84. The van der Waals surface area contributed by atoms with Gasteiger partial charge in [-0.2, -0.15) is 13.2 Å². The lowest BCUT2D eigenvalue weighted by Gasteiger charge is -2.59. The van der Waals surface area contributed by atoms with Crippen LogP contribution in [0.2, 0.25) is 0 Å². The van der Waals surface area contributed by atoms with E-state index in [0.717, 1.165) is 34.6 Å². The molecule has 0 amide bonds. The summed E-state index contributed by atoms with van der Waals surface area (Å²) >= 11 is 0. The van der Waals surface area contributed by atoms with Crippen LogP contribution in [0.3, 0.4) is 0 Å². The van der Waals surface area contributed by atoms with E-state index in [1.54, 1.807) is 0 Å². The summed E-state index contributed by atoms with van der Waals surface area (Å²) in [6, 6.07) is 0. The molecule has 0 saturated carbocycles. The molecular formula is C19H32F8. The van der Waals surface area contributed by atoms with Gasteiger partial charge in [-0.25, -0.2) is 22.0 Å². The lowest BCUT2D eigenvalue weighted by atomic mass is 9.50. The Kier molecular flexibility index (Phi) is 6.34. The van der Waals surface area contributed by atoms with Crippen LogP contribution in [-0.4, -0.2) is 23.7 Å². The molecule has 0 saturated heterocycles. The molecule has 0 aromatic carbocycles. The van der Waals surface area contributed by atoms with Crippen LogP contribution < -0.4 is 0 Å². The number of hydrogen-bond donors (Lipinski definition) is 0. The molecule has 0 rings (SSSR count). The number of rotatable bonds is 6. The molecule has 0 N–H and O–H groups in total. The molecule has 8 heteroatoms. The zero-order valence-corrected chi connectivity index (χ0v) is 17.7. The predicted octanol–water partition coefficient (Wildman–Crippen LogP) is 8.06. The topological polar surface area (TPSA) is 0 Å². The Morgan fingerprint density at radius 1 is 0.519 bits per heavy atom. The second kappa shape index (κ2) is 6.48. The Balaban J connectivity index is 7.06. The average molecular weight is 412 g/mol. The van der Waals surface area contributed by atoms with Gasteiger partial charge >= 0.3 is 6.18 Å². The predicted molar refractivity (Wildman–Crippen MR) is 90.9 cm³/mol. The van der Waals surface area contributed by atoms with Crippen molar-refractivity contribution in [3.05, 3.63) is 0 Å². The first-order chi connectivity index (χ1) is 11.3. The molecule has 1 atom stereocenters. The molecule has 0 fully saturated rings. The van der Waals surface area contributed by atoms with E-state index < -0.39 is 51.8 Å². The summed E-state index contributed by atoms with van der Waals surface area (Å²) in [7, 11) is 0. The van der Waals surface area contributed by atoms with Crippen LogP contribution in [0, 0.1) is 21.7 Å². The first kappa shape index (κ1) is 26.4. The molecule has 0 radical (unpaired) electrons. The Morgan fingerprint density at radius 3 is 1.07 bits per heavy atom. The summed E-state index contributed by atoms with van der Waals surface area (Å²) in [6.45, 7) is 8.86. The summed E-state index contributed by atoms with van der Waals surface area (Å²) in [5, 5.41) is 0. The molecule has 1 unspecified atom stereocenters. The molecule has 0 aliphatic rings. The third kappa shape index (κ3) is 3.26. The number of hydrogen-bond acceptors (Lipinski definition) is 0. The molecule has 0 aromatic rings. The maximum atomic E-state index is 15.7. The van der Waals surface area contributed by atoms with Gasteiger partial charge in [-0.3, -0.25) is 0 Å². The Bertz CT molecular complexity index is 535. The van der Waals surface area contributed by atoms with Crippen molar-refractivity contribution in [1.29, 1.82) is 0 Å². The third-order valence-corrected chi connectivity index (χ3v) is 7.27. The van der Waals surface area contributed by atoms with Crippen LogP contribution in [-0.2, 0) is 0 Å². The fourth-order valence-electron chi connectivity index (χ4n) is 3.16. The lowest BCUT2D eigenvalue weighted by molar-refractivity contribution is -0.388. The fraction of sp³-hybridized carbons (Fsp3) is 1.00. The third-order valence-electron chi connectivity index (χ3n) is 7.27. The quantitative estimate of drug-likeness (QED) is 0.387. The summed E-state index contributed by atoms with van der Waals surface area (Å²) in [5.41, 5.74) is -14.9. The van der Waals surface area contributed by atoms with Crippen LogP contribution in [0.5, 0.6) is 0 Å². The summed E-state index contributed by atoms with van der Waals surface area (Å²) in [5.74, 6) is -8.89. The molecular weight excluding hydrogens is 380 g/mol. The first-order valence-electron chi connectivity index (χ1n) is 8.82. The van der Waals surface area contributed by atoms with Crippen molar-refractivity contribution in [3.8, 4) is 0 Å². The normalized spacial score (nSPS) is 18.4. The van der Waals surface area contributed by atoms with Crippen molar-refractivity contribution in [3.63, 3.8) is 0 Å². The smallest absolute Gasteiger partial charge is 0.226 e. The highest BCUT2D eigenvalue weighted by Crippen LogP contribution is 2.69. The second-order valence-corrected chi connectivity index (χ2v) is 9.91. The van der Waals surface area contributed by atoms with E-state index in [1.807, 2.05) is 0 Å². The van der Waals surface area contributed by atoms with Crippen LogP contribution in [0.15, 0.2) is 0 Å². The van der Waals surface area contributed by atoms with Crippen molar-refractivity contribution in [1.82, 2.24) is 0 Å². The lowest BCUT2D eigenvalue weighted by Crippen LogP contribution is -2.73. The average Bonchev–Trinajstić information content (AvgIpc) is 2.42. The molecule has 0 heterocycles. The van der Waals surface area contributed by atoms with Crippen molar-refractivity contribution >= 4 is 0 Å². The van der Waals surface area contributed by atoms with Gasteiger partial charge in [0.05, 0.1) is 0 Å². The molecule has 0 nitrogen and oxygen atoms in total. The van der Waals surface area contributed by atoms with E-state index in [0.29, 0.717) is 13.8 Å². The van der Waals surface area contributed by atoms with Crippen LogP contribution in [0.1, 0.15) is 75.7 Å². The van der Waals surface area contributed by atoms with Crippen LogP contribution in [0.4, 0.5) is 35.1 Å². The second-order valence-electron chi connectivity index (χ2n) is 9.91. The molecule has 0 aliphatic heterocycles. The molecule has 0 aromatic heterocycles. The summed E-state index contributed by atoms with van der Waals surface area (Å²) < 4.78 is 117. The number of alkyl halides is 8. The van der Waals surface area contributed by atoms with E-state index in [1.165, 1.54) is 20.8 Å². The van der Waals surface area contributed by atoms with Crippen molar-refractivity contribution in [2.45, 2.75) is 99.3 Å². The molecule has 0 bridgehead atoms. The van der Waals surface area contributed by atoms with Crippen molar-refractivity contribution in [2.24, 2.45) is 21.7 Å². The van der Waals surface area contributed by atoms with E-state index >= 15 is 13.2 Å². The minimum atomic E-state index is -5.98. The largest absolute Gasteiger partial charge is 0.429 e. The minimum absolute atomic E-state index is 0.579. The molecule has 27 heavy (non-hydrogen) atoms. The van der Waals surface area contributed by atoms with Gasteiger partial charge < -0.3 is 0 Å². The van der Waals surface area contributed by atoms with Crippen molar-refractivity contribution in [2.75, 3.05) is 0 Å².